The molecule has 0 saturated heterocycles. The zero-order valence-electron chi connectivity index (χ0n) is 17.3. The molecule has 1 aromatic heterocycles. The number of aryl methyl sites for hydroxylation is 1. The number of aromatic nitrogens is 1. The fraction of sp³-hybridized carbons (Fsp3) is 0.292. The SMILES string of the molecule is CCCC(=O)N1CCc2cc(-c3nc(NC(=O)Cc4ccccc4)sc3C)ccc21. The molecule has 0 saturated carbocycles. The molecular formula is C24H25N3O2S. The van der Waals surface area contributed by atoms with Crippen LogP contribution >= 0.6 is 11.3 Å². The summed E-state index contributed by atoms with van der Waals surface area (Å²) >= 11 is 1.49. The molecule has 0 unspecified atom stereocenters. The van der Waals surface area contributed by atoms with Crippen LogP contribution in [-0.4, -0.2) is 23.3 Å². The Hall–Kier alpha value is -2.99. The van der Waals surface area contributed by atoms with Crippen molar-refractivity contribution in [3.05, 3.63) is 64.5 Å². The van der Waals surface area contributed by atoms with Crippen molar-refractivity contribution in [1.82, 2.24) is 4.98 Å². The van der Waals surface area contributed by atoms with E-state index in [1.54, 1.807) is 0 Å². The first kappa shape index (κ1) is 20.3. The summed E-state index contributed by atoms with van der Waals surface area (Å²) in [6.45, 7) is 4.79. The summed E-state index contributed by atoms with van der Waals surface area (Å²) in [7, 11) is 0. The van der Waals surface area contributed by atoms with Gasteiger partial charge in [0, 0.05) is 29.1 Å². The Morgan fingerprint density at radius 2 is 1.97 bits per heavy atom. The number of rotatable bonds is 6. The lowest BCUT2D eigenvalue weighted by atomic mass is 10.1. The largest absolute Gasteiger partial charge is 0.312 e. The maximum Gasteiger partial charge on any atom is 0.230 e. The van der Waals surface area contributed by atoms with Crippen LogP contribution < -0.4 is 10.2 Å². The standard InChI is InChI=1S/C24H25N3O2S/c1-3-7-22(29)27-13-12-18-15-19(10-11-20(18)27)23-16(2)30-24(26-23)25-21(28)14-17-8-5-4-6-9-17/h4-6,8-11,15H,3,7,12-14H2,1-2H3,(H,25,26,28). The van der Waals surface area contributed by atoms with Gasteiger partial charge in [0.2, 0.25) is 11.8 Å². The number of nitrogens with zero attached hydrogens (tertiary/aromatic N) is 2. The number of amides is 2. The second-order valence-electron chi connectivity index (χ2n) is 7.52. The highest BCUT2D eigenvalue weighted by molar-refractivity contribution is 7.16. The molecule has 1 aliphatic heterocycles. The third kappa shape index (κ3) is 4.28. The highest BCUT2D eigenvalue weighted by Gasteiger charge is 2.25. The van der Waals surface area contributed by atoms with Crippen molar-refractivity contribution < 1.29 is 9.59 Å². The van der Waals surface area contributed by atoms with Crippen LogP contribution in [0.1, 0.15) is 35.8 Å². The van der Waals surface area contributed by atoms with Crippen LogP contribution in [0.2, 0.25) is 0 Å². The molecule has 6 heteroatoms. The molecule has 5 nitrogen and oxygen atoms in total. The van der Waals surface area contributed by atoms with E-state index in [4.69, 9.17) is 0 Å². The predicted octanol–water partition coefficient (Wildman–Crippen LogP) is 4.99. The van der Waals surface area contributed by atoms with Gasteiger partial charge in [-0.05, 0) is 43.0 Å². The lowest BCUT2D eigenvalue weighted by Crippen LogP contribution is -2.28. The molecule has 154 valence electrons. The fourth-order valence-corrected chi connectivity index (χ4v) is 4.67. The Morgan fingerprint density at radius 3 is 2.73 bits per heavy atom. The lowest BCUT2D eigenvalue weighted by molar-refractivity contribution is -0.118. The maximum atomic E-state index is 12.4. The first-order valence-electron chi connectivity index (χ1n) is 10.3. The second kappa shape index (κ2) is 8.79. The molecule has 0 radical (unpaired) electrons. The number of carbonyl (C=O) groups is 2. The third-order valence-corrected chi connectivity index (χ3v) is 6.15. The number of anilines is 2. The van der Waals surface area contributed by atoms with E-state index in [2.05, 4.69) is 16.4 Å². The molecule has 2 amide bonds. The first-order chi connectivity index (χ1) is 14.5. The molecule has 4 rings (SSSR count). The van der Waals surface area contributed by atoms with Gasteiger partial charge in [0.1, 0.15) is 0 Å². The fourth-order valence-electron chi connectivity index (χ4n) is 3.82. The normalized spacial score (nSPS) is 12.7. The molecule has 0 bridgehead atoms. The number of hydrogen-bond donors (Lipinski definition) is 1. The van der Waals surface area contributed by atoms with Gasteiger partial charge >= 0.3 is 0 Å². The van der Waals surface area contributed by atoms with Crippen LogP contribution in [0.5, 0.6) is 0 Å². The zero-order valence-corrected chi connectivity index (χ0v) is 18.1. The van der Waals surface area contributed by atoms with Gasteiger partial charge < -0.3 is 10.2 Å². The summed E-state index contributed by atoms with van der Waals surface area (Å²) in [6, 6.07) is 15.9. The van der Waals surface area contributed by atoms with Crippen molar-refractivity contribution in [2.24, 2.45) is 0 Å². The number of nitrogens with one attached hydrogen (secondary N) is 1. The van der Waals surface area contributed by atoms with Gasteiger partial charge in [0.15, 0.2) is 5.13 Å². The number of hydrogen-bond acceptors (Lipinski definition) is 4. The van der Waals surface area contributed by atoms with Gasteiger partial charge in [0.25, 0.3) is 0 Å². The average molecular weight is 420 g/mol. The number of benzene rings is 2. The number of thiazole rings is 1. The Kier molecular flexibility index (Phi) is 5.95. The van der Waals surface area contributed by atoms with Gasteiger partial charge in [0.05, 0.1) is 12.1 Å². The third-order valence-electron chi connectivity index (χ3n) is 5.26. The van der Waals surface area contributed by atoms with E-state index in [0.29, 0.717) is 18.0 Å². The molecule has 2 aromatic carbocycles. The van der Waals surface area contributed by atoms with Crippen molar-refractivity contribution >= 4 is 34.0 Å². The van der Waals surface area contributed by atoms with E-state index >= 15 is 0 Å². The maximum absolute atomic E-state index is 12.4. The molecule has 3 aromatic rings. The molecular weight excluding hydrogens is 394 g/mol. The van der Waals surface area contributed by atoms with Gasteiger partial charge in [-0.25, -0.2) is 4.98 Å². The van der Waals surface area contributed by atoms with Crippen molar-refractivity contribution in [3.8, 4) is 11.3 Å². The summed E-state index contributed by atoms with van der Waals surface area (Å²) in [5, 5.41) is 3.54. The summed E-state index contributed by atoms with van der Waals surface area (Å²) in [4.78, 5) is 32.3. The molecule has 30 heavy (non-hydrogen) atoms. The van der Waals surface area contributed by atoms with Crippen molar-refractivity contribution in [2.45, 2.75) is 39.5 Å². The van der Waals surface area contributed by atoms with Crippen molar-refractivity contribution in [1.29, 1.82) is 0 Å². The summed E-state index contributed by atoms with van der Waals surface area (Å²) in [6.07, 6.45) is 2.63. The molecule has 0 fully saturated rings. The molecule has 0 atom stereocenters. The van der Waals surface area contributed by atoms with Gasteiger partial charge in [-0.15, -0.1) is 11.3 Å². The smallest absolute Gasteiger partial charge is 0.230 e. The van der Waals surface area contributed by atoms with Crippen LogP contribution in [-0.2, 0) is 22.4 Å². The number of carbonyl (C=O) groups excluding carboxylic acids is 2. The molecule has 1 N–H and O–H groups in total. The lowest BCUT2D eigenvalue weighted by Gasteiger charge is -2.17. The van der Waals surface area contributed by atoms with Crippen LogP contribution in [0.15, 0.2) is 48.5 Å². The van der Waals surface area contributed by atoms with Gasteiger partial charge in [-0.2, -0.15) is 0 Å². The zero-order chi connectivity index (χ0) is 21.1. The van der Waals surface area contributed by atoms with E-state index in [1.807, 2.05) is 61.2 Å². The van der Waals surface area contributed by atoms with E-state index in [-0.39, 0.29) is 11.8 Å². The summed E-state index contributed by atoms with van der Waals surface area (Å²) in [5.74, 6) is 0.123. The first-order valence-corrected chi connectivity index (χ1v) is 11.1. The van der Waals surface area contributed by atoms with E-state index in [9.17, 15) is 9.59 Å². The highest BCUT2D eigenvalue weighted by atomic mass is 32.1. The number of fused-ring (bicyclic) bond motifs is 1. The highest BCUT2D eigenvalue weighted by Crippen LogP contribution is 2.36. The Labute approximate surface area is 180 Å². The summed E-state index contributed by atoms with van der Waals surface area (Å²) in [5.41, 5.74) is 5.08. The quantitative estimate of drug-likeness (QED) is 0.612. The topological polar surface area (TPSA) is 62.3 Å². The summed E-state index contributed by atoms with van der Waals surface area (Å²) < 4.78 is 0. The molecule has 2 heterocycles. The molecule has 0 spiro atoms. The minimum absolute atomic E-state index is 0.0690. The Balaban J connectivity index is 1.50. The van der Waals surface area contributed by atoms with Gasteiger partial charge in [-0.1, -0.05) is 43.3 Å². The minimum Gasteiger partial charge on any atom is -0.312 e. The van der Waals surface area contributed by atoms with Crippen LogP contribution in [0.3, 0.4) is 0 Å². The Bertz CT molecular complexity index is 1080. The Morgan fingerprint density at radius 1 is 1.17 bits per heavy atom. The van der Waals surface area contributed by atoms with Crippen molar-refractivity contribution in [2.75, 3.05) is 16.8 Å². The molecule has 0 aliphatic carbocycles. The van der Waals surface area contributed by atoms with Gasteiger partial charge in [-0.3, -0.25) is 9.59 Å². The monoisotopic (exact) mass is 419 g/mol. The van der Waals surface area contributed by atoms with E-state index < -0.39 is 0 Å². The van der Waals surface area contributed by atoms with Crippen molar-refractivity contribution in [3.63, 3.8) is 0 Å². The van der Waals surface area contributed by atoms with E-state index in [1.165, 1.54) is 16.9 Å². The van der Waals surface area contributed by atoms with E-state index in [0.717, 1.165) is 46.8 Å². The molecule has 1 aliphatic rings. The van der Waals surface area contributed by atoms with Crippen LogP contribution in [0.4, 0.5) is 10.8 Å². The van der Waals surface area contributed by atoms with Crippen LogP contribution in [0, 0.1) is 6.92 Å². The predicted molar refractivity (Wildman–Crippen MR) is 122 cm³/mol. The second-order valence-corrected chi connectivity index (χ2v) is 8.73. The minimum atomic E-state index is -0.0690. The van der Waals surface area contributed by atoms with Crippen LogP contribution in [0.25, 0.3) is 11.3 Å². The average Bonchev–Trinajstić information content (AvgIpc) is 3.31.